The van der Waals surface area contributed by atoms with E-state index in [1.54, 1.807) is 5.48 Å². The molecule has 0 aromatic rings. The van der Waals surface area contributed by atoms with Crippen molar-refractivity contribution in [3.8, 4) is 0 Å². The average molecular weight is 187 g/mol. The van der Waals surface area contributed by atoms with Crippen LogP contribution < -0.4 is 5.48 Å². The molecule has 0 atom stereocenters. The van der Waals surface area contributed by atoms with Gasteiger partial charge in [-0.3, -0.25) is 14.8 Å². The molecule has 5 nitrogen and oxygen atoms in total. The topological polar surface area (TPSA) is 86.6 Å². The second-order valence-electron chi connectivity index (χ2n) is 3.36. The van der Waals surface area contributed by atoms with Crippen LogP contribution in [0.5, 0.6) is 0 Å². The van der Waals surface area contributed by atoms with Crippen LogP contribution in [0.3, 0.4) is 0 Å². The maximum absolute atomic E-state index is 10.9. The first-order valence-corrected chi connectivity index (χ1v) is 4.32. The lowest BCUT2D eigenvalue weighted by Crippen LogP contribution is -2.32. The Hall–Kier alpha value is -1.10. The first-order chi connectivity index (χ1) is 6.15. The van der Waals surface area contributed by atoms with Crippen molar-refractivity contribution in [1.82, 2.24) is 5.48 Å². The molecule has 5 heteroatoms. The van der Waals surface area contributed by atoms with E-state index in [4.69, 9.17) is 10.3 Å². The minimum Gasteiger partial charge on any atom is -0.481 e. The van der Waals surface area contributed by atoms with Gasteiger partial charge in [0.15, 0.2) is 0 Å². The van der Waals surface area contributed by atoms with Crippen molar-refractivity contribution in [3.63, 3.8) is 0 Å². The lowest BCUT2D eigenvalue weighted by Gasteiger charge is -2.24. The van der Waals surface area contributed by atoms with E-state index in [0.29, 0.717) is 25.7 Å². The Balaban J connectivity index is 2.39. The molecule has 0 aliphatic heterocycles. The summed E-state index contributed by atoms with van der Waals surface area (Å²) in [6.07, 6.45) is 2.13. The van der Waals surface area contributed by atoms with Crippen LogP contribution in [-0.4, -0.2) is 22.2 Å². The summed E-state index contributed by atoms with van der Waals surface area (Å²) in [6, 6.07) is 0. The van der Waals surface area contributed by atoms with E-state index >= 15 is 0 Å². The lowest BCUT2D eigenvalue weighted by atomic mass is 9.82. The normalized spacial score (nSPS) is 28.1. The van der Waals surface area contributed by atoms with Crippen molar-refractivity contribution in [1.29, 1.82) is 0 Å². The molecule has 74 valence electrons. The van der Waals surface area contributed by atoms with Crippen molar-refractivity contribution in [2.75, 3.05) is 0 Å². The van der Waals surface area contributed by atoms with E-state index in [0.717, 1.165) is 0 Å². The van der Waals surface area contributed by atoms with Crippen molar-refractivity contribution < 1.29 is 19.9 Å². The number of hydrogen-bond donors (Lipinski definition) is 3. The molecular formula is C8H13NO4. The van der Waals surface area contributed by atoms with Gasteiger partial charge in [0.1, 0.15) is 0 Å². The second-order valence-corrected chi connectivity index (χ2v) is 3.36. The van der Waals surface area contributed by atoms with Crippen LogP contribution in [0.15, 0.2) is 0 Å². The summed E-state index contributed by atoms with van der Waals surface area (Å²) in [7, 11) is 0. The number of aliphatic carboxylic acids is 1. The van der Waals surface area contributed by atoms with Crippen LogP contribution in [-0.2, 0) is 9.59 Å². The van der Waals surface area contributed by atoms with Crippen molar-refractivity contribution >= 4 is 11.9 Å². The number of carboxylic acid groups (broad SMARTS) is 1. The fraction of sp³-hybridized carbons (Fsp3) is 0.750. The van der Waals surface area contributed by atoms with Gasteiger partial charge in [0.25, 0.3) is 0 Å². The van der Waals surface area contributed by atoms with E-state index in [-0.39, 0.29) is 11.8 Å². The van der Waals surface area contributed by atoms with Crippen molar-refractivity contribution in [2.24, 2.45) is 11.8 Å². The summed E-state index contributed by atoms with van der Waals surface area (Å²) in [5.74, 6) is -1.73. The highest BCUT2D eigenvalue weighted by molar-refractivity contribution is 5.78. The van der Waals surface area contributed by atoms with Gasteiger partial charge in [0.05, 0.1) is 5.92 Å². The zero-order valence-electron chi connectivity index (χ0n) is 7.19. The Morgan fingerprint density at radius 3 is 1.92 bits per heavy atom. The van der Waals surface area contributed by atoms with Gasteiger partial charge in [0, 0.05) is 5.92 Å². The maximum Gasteiger partial charge on any atom is 0.306 e. The zero-order valence-corrected chi connectivity index (χ0v) is 7.19. The summed E-state index contributed by atoms with van der Waals surface area (Å²) < 4.78 is 0. The third-order valence-electron chi connectivity index (χ3n) is 2.56. The Morgan fingerprint density at radius 2 is 1.54 bits per heavy atom. The molecule has 1 amide bonds. The van der Waals surface area contributed by atoms with Crippen LogP contribution in [0.4, 0.5) is 0 Å². The largest absolute Gasteiger partial charge is 0.481 e. The molecule has 0 aromatic carbocycles. The number of carbonyl (C=O) groups is 2. The van der Waals surface area contributed by atoms with E-state index < -0.39 is 11.9 Å². The van der Waals surface area contributed by atoms with Gasteiger partial charge in [-0.1, -0.05) is 0 Å². The third kappa shape index (κ3) is 2.42. The highest BCUT2D eigenvalue weighted by Gasteiger charge is 2.29. The molecule has 0 radical (unpaired) electrons. The standard InChI is InChI=1S/C8H13NO4/c10-7(9-13)5-1-3-6(4-2-5)8(11)12/h5-6,13H,1-4H2,(H,9,10)(H,11,12). The highest BCUT2D eigenvalue weighted by Crippen LogP contribution is 2.28. The SMILES string of the molecule is O=C(O)C1CCC(C(=O)NO)CC1. The molecule has 0 heterocycles. The molecule has 0 bridgehead atoms. The zero-order chi connectivity index (χ0) is 9.84. The van der Waals surface area contributed by atoms with Crippen molar-refractivity contribution in [2.45, 2.75) is 25.7 Å². The monoisotopic (exact) mass is 187 g/mol. The molecule has 1 saturated carbocycles. The minimum atomic E-state index is -0.789. The molecule has 1 fully saturated rings. The van der Waals surface area contributed by atoms with Crippen molar-refractivity contribution in [3.05, 3.63) is 0 Å². The Morgan fingerprint density at radius 1 is 1.08 bits per heavy atom. The van der Waals surface area contributed by atoms with Gasteiger partial charge in [-0.25, -0.2) is 5.48 Å². The lowest BCUT2D eigenvalue weighted by molar-refractivity contribution is -0.145. The van der Waals surface area contributed by atoms with Gasteiger partial charge in [-0.15, -0.1) is 0 Å². The summed E-state index contributed by atoms with van der Waals surface area (Å²) in [5.41, 5.74) is 1.59. The van der Waals surface area contributed by atoms with Gasteiger partial charge in [0.2, 0.25) is 5.91 Å². The predicted octanol–water partition coefficient (Wildman–Crippen LogP) is 0.383. The fourth-order valence-corrected chi connectivity index (χ4v) is 1.69. The third-order valence-corrected chi connectivity index (χ3v) is 2.56. The number of hydrogen-bond acceptors (Lipinski definition) is 3. The van der Waals surface area contributed by atoms with Gasteiger partial charge in [-0.05, 0) is 25.7 Å². The van der Waals surface area contributed by atoms with Crippen LogP contribution in [0.2, 0.25) is 0 Å². The van der Waals surface area contributed by atoms with Crippen LogP contribution in [0.25, 0.3) is 0 Å². The summed E-state index contributed by atoms with van der Waals surface area (Å²) in [6.45, 7) is 0. The Kier molecular flexibility index (Phi) is 3.25. The number of carboxylic acids is 1. The number of hydroxylamine groups is 1. The first kappa shape index (κ1) is 9.98. The maximum atomic E-state index is 10.9. The quantitative estimate of drug-likeness (QED) is 0.431. The van der Waals surface area contributed by atoms with Gasteiger partial charge in [-0.2, -0.15) is 0 Å². The van der Waals surface area contributed by atoms with E-state index in [1.165, 1.54) is 0 Å². The molecule has 1 aliphatic rings. The molecule has 13 heavy (non-hydrogen) atoms. The first-order valence-electron chi connectivity index (χ1n) is 4.32. The summed E-state index contributed by atoms with van der Waals surface area (Å²) >= 11 is 0. The highest BCUT2D eigenvalue weighted by atomic mass is 16.5. The van der Waals surface area contributed by atoms with Crippen LogP contribution in [0, 0.1) is 11.8 Å². The summed E-state index contributed by atoms with van der Waals surface area (Å²) in [4.78, 5) is 21.5. The molecule has 1 rings (SSSR count). The molecule has 3 N–H and O–H groups in total. The number of amides is 1. The molecule has 0 aromatic heterocycles. The Bertz CT molecular complexity index is 208. The minimum absolute atomic E-state index is 0.222. The predicted molar refractivity (Wildman–Crippen MR) is 43.0 cm³/mol. The van der Waals surface area contributed by atoms with E-state index in [1.807, 2.05) is 0 Å². The van der Waals surface area contributed by atoms with E-state index in [2.05, 4.69) is 0 Å². The van der Waals surface area contributed by atoms with E-state index in [9.17, 15) is 9.59 Å². The molecule has 0 unspecified atom stereocenters. The summed E-state index contributed by atoms with van der Waals surface area (Å²) in [5, 5.41) is 17.0. The molecule has 0 spiro atoms. The van der Waals surface area contributed by atoms with Gasteiger partial charge < -0.3 is 5.11 Å². The van der Waals surface area contributed by atoms with Gasteiger partial charge >= 0.3 is 5.97 Å². The number of rotatable bonds is 2. The number of nitrogens with one attached hydrogen (secondary N) is 1. The molecule has 0 saturated heterocycles. The molecular weight excluding hydrogens is 174 g/mol. The van der Waals surface area contributed by atoms with Crippen LogP contribution >= 0.6 is 0 Å². The Labute approximate surface area is 75.7 Å². The van der Waals surface area contributed by atoms with Crippen LogP contribution in [0.1, 0.15) is 25.7 Å². The second kappa shape index (κ2) is 4.23. The molecule has 1 aliphatic carbocycles. The fourth-order valence-electron chi connectivity index (χ4n) is 1.69. The number of carbonyl (C=O) groups excluding carboxylic acids is 1. The smallest absolute Gasteiger partial charge is 0.306 e. The average Bonchev–Trinajstić information content (AvgIpc) is 2.17.